The molecule has 0 aromatic heterocycles. The van der Waals surface area contributed by atoms with Crippen molar-refractivity contribution in [3.05, 3.63) is 59.7 Å². The Balaban J connectivity index is 1.94. The highest BCUT2D eigenvalue weighted by molar-refractivity contribution is 5.70. The molecule has 0 spiro atoms. The molecule has 0 radical (unpaired) electrons. The van der Waals surface area contributed by atoms with E-state index in [1.807, 2.05) is 38.1 Å². The Bertz CT molecular complexity index is 769. The van der Waals surface area contributed by atoms with Gasteiger partial charge in [0.2, 0.25) is 0 Å². The van der Waals surface area contributed by atoms with Crippen LogP contribution in [-0.4, -0.2) is 42.3 Å². The SMILES string of the molecule is CCOc1ccc(C(c2ccccc2)N2CCC(C(=O)O)CC2)cc1OCC. The number of benzene rings is 2. The number of hydrogen-bond acceptors (Lipinski definition) is 4. The van der Waals surface area contributed by atoms with Crippen molar-refractivity contribution in [3.8, 4) is 11.5 Å². The Labute approximate surface area is 166 Å². The van der Waals surface area contributed by atoms with Crippen molar-refractivity contribution >= 4 is 5.97 Å². The van der Waals surface area contributed by atoms with Crippen molar-refractivity contribution in [1.29, 1.82) is 0 Å². The molecule has 0 saturated carbocycles. The molecule has 28 heavy (non-hydrogen) atoms. The maximum atomic E-state index is 11.3. The van der Waals surface area contributed by atoms with E-state index < -0.39 is 5.97 Å². The fraction of sp³-hybridized carbons (Fsp3) is 0.435. The number of aliphatic carboxylic acids is 1. The van der Waals surface area contributed by atoms with Crippen molar-refractivity contribution in [2.24, 2.45) is 5.92 Å². The monoisotopic (exact) mass is 383 g/mol. The van der Waals surface area contributed by atoms with Crippen LogP contribution >= 0.6 is 0 Å². The number of carboxylic acids is 1. The highest BCUT2D eigenvalue weighted by Crippen LogP contribution is 2.37. The first-order valence-corrected chi connectivity index (χ1v) is 10.0. The molecule has 0 bridgehead atoms. The zero-order chi connectivity index (χ0) is 19.9. The van der Waals surface area contributed by atoms with Gasteiger partial charge in [-0.2, -0.15) is 0 Å². The van der Waals surface area contributed by atoms with Gasteiger partial charge >= 0.3 is 5.97 Å². The van der Waals surface area contributed by atoms with Gasteiger partial charge in [-0.05, 0) is 63.0 Å². The van der Waals surface area contributed by atoms with E-state index in [2.05, 4.69) is 29.2 Å². The predicted molar refractivity (Wildman–Crippen MR) is 109 cm³/mol. The van der Waals surface area contributed by atoms with Gasteiger partial charge in [0.05, 0.1) is 25.2 Å². The third-order valence-electron chi connectivity index (χ3n) is 5.24. The zero-order valence-corrected chi connectivity index (χ0v) is 16.6. The van der Waals surface area contributed by atoms with Gasteiger partial charge < -0.3 is 14.6 Å². The van der Waals surface area contributed by atoms with E-state index in [-0.39, 0.29) is 12.0 Å². The van der Waals surface area contributed by atoms with E-state index >= 15 is 0 Å². The molecule has 1 aliphatic rings. The molecule has 1 aliphatic heterocycles. The molecule has 1 saturated heterocycles. The van der Waals surface area contributed by atoms with E-state index in [0.717, 1.165) is 30.2 Å². The van der Waals surface area contributed by atoms with Crippen LogP contribution in [0, 0.1) is 5.92 Å². The molecule has 1 heterocycles. The van der Waals surface area contributed by atoms with Gasteiger partial charge in [0.1, 0.15) is 0 Å². The lowest BCUT2D eigenvalue weighted by Gasteiger charge is -2.37. The minimum atomic E-state index is -0.685. The fourth-order valence-corrected chi connectivity index (χ4v) is 3.89. The van der Waals surface area contributed by atoms with Crippen LogP contribution in [0.3, 0.4) is 0 Å². The van der Waals surface area contributed by atoms with Gasteiger partial charge in [-0.3, -0.25) is 9.69 Å². The van der Waals surface area contributed by atoms with Gasteiger partial charge in [0.15, 0.2) is 11.5 Å². The maximum Gasteiger partial charge on any atom is 0.306 e. The molecule has 1 N–H and O–H groups in total. The lowest BCUT2D eigenvalue weighted by Crippen LogP contribution is -2.39. The van der Waals surface area contributed by atoms with Gasteiger partial charge in [0, 0.05) is 0 Å². The summed E-state index contributed by atoms with van der Waals surface area (Å²) in [5.74, 6) is 0.579. The third-order valence-corrected chi connectivity index (χ3v) is 5.24. The Hall–Kier alpha value is -2.53. The second-order valence-electron chi connectivity index (χ2n) is 7.03. The molecule has 2 aromatic rings. The van der Waals surface area contributed by atoms with Crippen LogP contribution in [0.15, 0.2) is 48.5 Å². The second kappa shape index (κ2) is 9.60. The first-order chi connectivity index (χ1) is 13.6. The summed E-state index contributed by atoms with van der Waals surface area (Å²) in [5.41, 5.74) is 2.33. The molecule has 5 heteroatoms. The van der Waals surface area contributed by atoms with E-state index in [0.29, 0.717) is 26.1 Å². The van der Waals surface area contributed by atoms with E-state index in [1.54, 1.807) is 0 Å². The summed E-state index contributed by atoms with van der Waals surface area (Å²) in [4.78, 5) is 13.7. The normalized spacial score (nSPS) is 16.5. The second-order valence-corrected chi connectivity index (χ2v) is 7.03. The van der Waals surface area contributed by atoms with Crippen molar-refractivity contribution in [1.82, 2.24) is 4.90 Å². The number of nitrogens with zero attached hydrogens (tertiary/aromatic N) is 1. The smallest absolute Gasteiger partial charge is 0.306 e. The Morgan fingerprint density at radius 1 is 1.00 bits per heavy atom. The molecule has 0 amide bonds. The standard InChI is InChI=1S/C23H29NO4/c1-3-27-20-11-10-19(16-21(20)28-4-2)22(17-8-6-5-7-9-17)24-14-12-18(13-15-24)23(25)26/h5-11,16,18,22H,3-4,12-15H2,1-2H3,(H,25,26). The van der Waals surface area contributed by atoms with Crippen molar-refractivity contribution in [2.75, 3.05) is 26.3 Å². The minimum absolute atomic E-state index is 0.0610. The Morgan fingerprint density at radius 3 is 2.25 bits per heavy atom. The lowest BCUT2D eigenvalue weighted by molar-refractivity contribution is -0.143. The van der Waals surface area contributed by atoms with E-state index in [4.69, 9.17) is 9.47 Å². The lowest BCUT2D eigenvalue weighted by atomic mass is 9.91. The summed E-state index contributed by atoms with van der Waals surface area (Å²) in [6.45, 7) is 6.60. The van der Waals surface area contributed by atoms with Crippen LogP contribution in [0.2, 0.25) is 0 Å². The number of hydrogen-bond donors (Lipinski definition) is 1. The molecule has 1 unspecified atom stereocenters. The summed E-state index contributed by atoms with van der Waals surface area (Å²) < 4.78 is 11.5. The molecule has 1 atom stereocenters. The predicted octanol–water partition coefficient (Wildman–Crippen LogP) is 4.37. The molecule has 5 nitrogen and oxygen atoms in total. The van der Waals surface area contributed by atoms with Crippen molar-refractivity contribution in [3.63, 3.8) is 0 Å². The van der Waals surface area contributed by atoms with Crippen LogP contribution in [0.5, 0.6) is 11.5 Å². The summed E-state index contributed by atoms with van der Waals surface area (Å²) >= 11 is 0. The molecular weight excluding hydrogens is 354 g/mol. The van der Waals surface area contributed by atoms with Crippen LogP contribution in [0.4, 0.5) is 0 Å². The number of rotatable bonds is 8. The average Bonchev–Trinajstić information content (AvgIpc) is 2.71. The summed E-state index contributed by atoms with van der Waals surface area (Å²) in [6, 6.07) is 16.6. The Kier molecular flexibility index (Phi) is 6.93. The minimum Gasteiger partial charge on any atom is -0.490 e. The summed E-state index contributed by atoms with van der Waals surface area (Å²) in [5, 5.41) is 9.32. The molecule has 3 rings (SSSR count). The molecule has 0 aliphatic carbocycles. The number of carboxylic acid groups (broad SMARTS) is 1. The van der Waals surface area contributed by atoms with Crippen LogP contribution in [0.25, 0.3) is 0 Å². The number of likely N-dealkylation sites (tertiary alicyclic amines) is 1. The highest BCUT2D eigenvalue weighted by atomic mass is 16.5. The van der Waals surface area contributed by atoms with Gasteiger partial charge in [0.25, 0.3) is 0 Å². The Morgan fingerprint density at radius 2 is 1.64 bits per heavy atom. The molecule has 150 valence electrons. The average molecular weight is 383 g/mol. The fourth-order valence-electron chi connectivity index (χ4n) is 3.89. The van der Waals surface area contributed by atoms with Gasteiger partial charge in [-0.1, -0.05) is 36.4 Å². The number of carbonyl (C=O) groups is 1. The van der Waals surface area contributed by atoms with Crippen LogP contribution < -0.4 is 9.47 Å². The largest absolute Gasteiger partial charge is 0.490 e. The van der Waals surface area contributed by atoms with Crippen molar-refractivity contribution < 1.29 is 19.4 Å². The third kappa shape index (κ3) is 4.65. The van der Waals surface area contributed by atoms with Gasteiger partial charge in [-0.15, -0.1) is 0 Å². The quantitative estimate of drug-likeness (QED) is 0.733. The first kappa shape index (κ1) is 20.2. The topological polar surface area (TPSA) is 59.0 Å². The first-order valence-electron chi connectivity index (χ1n) is 10.0. The summed E-state index contributed by atoms with van der Waals surface area (Å²) in [6.07, 6.45) is 1.35. The van der Waals surface area contributed by atoms with E-state index in [1.165, 1.54) is 5.56 Å². The zero-order valence-electron chi connectivity index (χ0n) is 16.6. The number of piperidine rings is 1. The van der Waals surface area contributed by atoms with Crippen LogP contribution in [-0.2, 0) is 4.79 Å². The molecular formula is C23H29NO4. The van der Waals surface area contributed by atoms with Gasteiger partial charge in [-0.25, -0.2) is 0 Å². The molecule has 1 fully saturated rings. The summed E-state index contributed by atoms with van der Waals surface area (Å²) in [7, 11) is 0. The van der Waals surface area contributed by atoms with Crippen LogP contribution in [0.1, 0.15) is 43.9 Å². The van der Waals surface area contributed by atoms with E-state index in [9.17, 15) is 9.90 Å². The molecule has 2 aromatic carbocycles. The van der Waals surface area contributed by atoms with Crippen molar-refractivity contribution in [2.45, 2.75) is 32.7 Å². The highest BCUT2D eigenvalue weighted by Gasteiger charge is 2.30. The maximum absolute atomic E-state index is 11.3. The number of ether oxygens (including phenoxy) is 2.